The van der Waals surface area contributed by atoms with Crippen LogP contribution in [0.4, 0.5) is 0 Å². The van der Waals surface area contributed by atoms with Crippen molar-refractivity contribution in [1.29, 1.82) is 0 Å². The molecule has 0 saturated heterocycles. The van der Waals surface area contributed by atoms with E-state index in [2.05, 4.69) is 117 Å². The summed E-state index contributed by atoms with van der Waals surface area (Å²) in [6.07, 6.45) is 0. The van der Waals surface area contributed by atoms with Gasteiger partial charge in [0.05, 0.1) is 0 Å². The molecular formula is C56H42N8. The topological polar surface area (TPSA) is 103 Å². The second-order valence-electron chi connectivity index (χ2n) is 16.0. The van der Waals surface area contributed by atoms with E-state index in [-0.39, 0.29) is 0 Å². The third-order valence-electron chi connectivity index (χ3n) is 11.1. The molecule has 10 rings (SSSR count). The highest BCUT2D eigenvalue weighted by molar-refractivity contribution is 5.87. The van der Waals surface area contributed by atoms with Crippen LogP contribution in [0.15, 0.2) is 182 Å². The Labute approximate surface area is 372 Å². The standard InChI is InChI=1S/C56H42N8/c1-35-22-26-41(27-23-35)52-60-53(42-28-24-36(2)25-29-42)64-56(63-52)49-21-12-11-20-48(49)46-32-45(33-47(34-46)55-57-37(3)30-38(4)58-55)43-18-13-19-44(31-43)54-61-50(39-14-7-5-8-15-39)59-51(62-54)40-16-9-6-10-17-40/h5-34H,1-4H3. The number of hydrogen-bond donors (Lipinski definition) is 0. The molecule has 0 bridgehead atoms. The Morgan fingerprint density at radius 3 is 1.11 bits per heavy atom. The van der Waals surface area contributed by atoms with Crippen molar-refractivity contribution in [3.63, 3.8) is 0 Å². The first-order chi connectivity index (χ1) is 31.3. The summed E-state index contributed by atoms with van der Waals surface area (Å²) in [6, 6.07) is 61.8. The molecule has 0 N–H and O–H groups in total. The molecule has 3 aromatic heterocycles. The maximum absolute atomic E-state index is 5.15. The summed E-state index contributed by atoms with van der Waals surface area (Å²) in [5.41, 5.74) is 14.3. The van der Waals surface area contributed by atoms with Crippen molar-refractivity contribution in [2.24, 2.45) is 0 Å². The average molecular weight is 827 g/mol. The summed E-state index contributed by atoms with van der Waals surface area (Å²) < 4.78 is 0. The highest BCUT2D eigenvalue weighted by Crippen LogP contribution is 2.38. The summed E-state index contributed by atoms with van der Waals surface area (Å²) in [7, 11) is 0. The molecule has 306 valence electrons. The quantitative estimate of drug-likeness (QED) is 0.142. The minimum Gasteiger partial charge on any atom is -0.233 e. The van der Waals surface area contributed by atoms with E-state index in [0.29, 0.717) is 40.8 Å². The van der Waals surface area contributed by atoms with Crippen LogP contribution in [0.1, 0.15) is 22.5 Å². The highest BCUT2D eigenvalue weighted by Gasteiger charge is 2.19. The number of hydrogen-bond acceptors (Lipinski definition) is 8. The summed E-state index contributed by atoms with van der Waals surface area (Å²) in [6.45, 7) is 8.16. The van der Waals surface area contributed by atoms with Crippen LogP contribution in [0.2, 0.25) is 0 Å². The second kappa shape index (κ2) is 17.2. The van der Waals surface area contributed by atoms with Crippen molar-refractivity contribution in [1.82, 2.24) is 39.9 Å². The van der Waals surface area contributed by atoms with Crippen molar-refractivity contribution in [3.05, 3.63) is 205 Å². The second-order valence-corrected chi connectivity index (χ2v) is 16.0. The summed E-state index contributed by atoms with van der Waals surface area (Å²) in [5.74, 6) is 4.23. The zero-order valence-corrected chi connectivity index (χ0v) is 35.9. The van der Waals surface area contributed by atoms with E-state index in [0.717, 1.165) is 72.6 Å². The van der Waals surface area contributed by atoms with Crippen LogP contribution in [0.3, 0.4) is 0 Å². The first-order valence-corrected chi connectivity index (χ1v) is 21.2. The Kier molecular flexibility index (Phi) is 10.7. The number of aryl methyl sites for hydroxylation is 4. The number of nitrogens with zero attached hydrogens (tertiary/aromatic N) is 8. The van der Waals surface area contributed by atoms with Crippen LogP contribution >= 0.6 is 0 Å². The van der Waals surface area contributed by atoms with E-state index >= 15 is 0 Å². The molecular weight excluding hydrogens is 785 g/mol. The average Bonchev–Trinajstić information content (AvgIpc) is 3.34. The lowest BCUT2D eigenvalue weighted by atomic mass is 9.92. The SMILES string of the molecule is Cc1ccc(-c2nc(-c3ccc(C)cc3)nc(-c3ccccc3-c3cc(-c4cccc(-c5nc(-c6ccccc6)nc(-c6ccccc6)n5)c4)cc(-c4nc(C)cc(C)n4)c3)n2)cc1. The molecule has 0 spiro atoms. The van der Waals surface area contributed by atoms with Gasteiger partial charge in [-0.2, -0.15) is 0 Å². The molecule has 3 heterocycles. The van der Waals surface area contributed by atoms with Crippen molar-refractivity contribution in [2.45, 2.75) is 27.7 Å². The first-order valence-electron chi connectivity index (χ1n) is 21.2. The fraction of sp³-hybridized carbons (Fsp3) is 0.0714. The fourth-order valence-corrected chi connectivity index (χ4v) is 7.80. The highest BCUT2D eigenvalue weighted by atomic mass is 15.0. The van der Waals surface area contributed by atoms with Crippen LogP contribution in [-0.4, -0.2) is 39.9 Å². The molecule has 64 heavy (non-hydrogen) atoms. The van der Waals surface area contributed by atoms with E-state index in [9.17, 15) is 0 Å². The minimum absolute atomic E-state index is 0.576. The zero-order chi connectivity index (χ0) is 43.6. The number of aromatic nitrogens is 8. The molecule has 10 aromatic rings. The molecule has 0 aliphatic heterocycles. The Balaban J connectivity index is 1.14. The first kappa shape index (κ1) is 39.8. The summed E-state index contributed by atoms with van der Waals surface area (Å²) >= 11 is 0. The van der Waals surface area contributed by atoms with Crippen LogP contribution in [0.25, 0.3) is 102 Å². The Morgan fingerprint density at radius 1 is 0.219 bits per heavy atom. The van der Waals surface area contributed by atoms with Gasteiger partial charge in [-0.15, -0.1) is 0 Å². The van der Waals surface area contributed by atoms with E-state index in [1.807, 2.05) is 92.7 Å². The van der Waals surface area contributed by atoms with Crippen LogP contribution < -0.4 is 0 Å². The van der Waals surface area contributed by atoms with Crippen molar-refractivity contribution in [3.8, 4) is 102 Å². The smallest absolute Gasteiger partial charge is 0.164 e. The Bertz CT molecular complexity index is 3150. The van der Waals surface area contributed by atoms with E-state index in [1.54, 1.807) is 0 Å². The van der Waals surface area contributed by atoms with E-state index < -0.39 is 0 Å². The van der Waals surface area contributed by atoms with Gasteiger partial charge < -0.3 is 0 Å². The number of rotatable bonds is 9. The van der Waals surface area contributed by atoms with Gasteiger partial charge in [0.2, 0.25) is 0 Å². The lowest BCUT2D eigenvalue weighted by Gasteiger charge is -2.15. The molecule has 0 amide bonds. The third-order valence-corrected chi connectivity index (χ3v) is 11.1. The molecule has 0 saturated carbocycles. The van der Waals surface area contributed by atoms with Gasteiger partial charge in [0.1, 0.15) is 0 Å². The van der Waals surface area contributed by atoms with Gasteiger partial charge in [-0.25, -0.2) is 39.9 Å². The minimum atomic E-state index is 0.576. The van der Waals surface area contributed by atoms with Gasteiger partial charge in [0.25, 0.3) is 0 Å². The lowest BCUT2D eigenvalue weighted by Crippen LogP contribution is -2.01. The predicted molar refractivity (Wildman–Crippen MR) is 257 cm³/mol. The molecule has 0 fully saturated rings. The van der Waals surface area contributed by atoms with Crippen LogP contribution in [0, 0.1) is 27.7 Å². The van der Waals surface area contributed by atoms with Crippen LogP contribution in [-0.2, 0) is 0 Å². The monoisotopic (exact) mass is 826 g/mol. The molecule has 0 aliphatic carbocycles. The maximum atomic E-state index is 5.15. The Morgan fingerprint density at radius 2 is 0.578 bits per heavy atom. The van der Waals surface area contributed by atoms with E-state index in [1.165, 1.54) is 11.1 Å². The molecule has 8 nitrogen and oxygen atoms in total. The van der Waals surface area contributed by atoms with Crippen molar-refractivity contribution in [2.75, 3.05) is 0 Å². The Hall–Kier alpha value is -8.36. The lowest BCUT2D eigenvalue weighted by molar-refractivity contribution is 1.06. The van der Waals surface area contributed by atoms with Gasteiger partial charge >= 0.3 is 0 Å². The van der Waals surface area contributed by atoms with Gasteiger partial charge in [-0.3, -0.25) is 0 Å². The zero-order valence-electron chi connectivity index (χ0n) is 35.9. The van der Waals surface area contributed by atoms with Crippen LogP contribution in [0.5, 0.6) is 0 Å². The molecule has 7 aromatic carbocycles. The van der Waals surface area contributed by atoms with Crippen molar-refractivity contribution >= 4 is 0 Å². The molecule has 0 aliphatic rings. The van der Waals surface area contributed by atoms with Crippen molar-refractivity contribution < 1.29 is 0 Å². The van der Waals surface area contributed by atoms with Gasteiger partial charge in [0.15, 0.2) is 40.8 Å². The molecule has 0 radical (unpaired) electrons. The fourth-order valence-electron chi connectivity index (χ4n) is 7.80. The number of benzene rings is 7. The normalized spacial score (nSPS) is 11.1. The third kappa shape index (κ3) is 8.45. The van der Waals surface area contributed by atoms with Gasteiger partial charge in [0, 0.05) is 50.3 Å². The van der Waals surface area contributed by atoms with Gasteiger partial charge in [-0.05, 0) is 80.3 Å². The maximum Gasteiger partial charge on any atom is 0.164 e. The largest absolute Gasteiger partial charge is 0.233 e. The summed E-state index contributed by atoms with van der Waals surface area (Å²) in [5, 5.41) is 0. The molecule has 8 heteroatoms. The molecule has 0 unspecified atom stereocenters. The van der Waals surface area contributed by atoms with E-state index in [4.69, 9.17) is 39.9 Å². The molecule has 0 atom stereocenters. The summed E-state index contributed by atoms with van der Waals surface area (Å²) in [4.78, 5) is 40.2. The van der Waals surface area contributed by atoms with Gasteiger partial charge in [-0.1, -0.05) is 163 Å². The predicted octanol–water partition coefficient (Wildman–Crippen LogP) is 13.1.